The van der Waals surface area contributed by atoms with Crippen LogP contribution >= 0.6 is 11.3 Å². The van der Waals surface area contributed by atoms with E-state index in [9.17, 15) is 13.2 Å². The molecule has 0 unspecified atom stereocenters. The van der Waals surface area contributed by atoms with Crippen molar-refractivity contribution in [3.63, 3.8) is 0 Å². The first-order valence-corrected chi connectivity index (χ1v) is 12.4. The number of methoxy groups -OCH3 is 1. The number of ether oxygens (including phenoxy) is 1. The molecule has 1 heterocycles. The Morgan fingerprint density at radius 3 is 2.33 bits per heavy atom. The van der Waals surface area contributed by atoms with Crippen molar-refractivity contribution in [3.8, 4) is 5.75 Å². The number of nitrogen functional groups attached to an aromatic ring is 1. The number of anilines is 3. The zero-order valence-corrected chi connectivity index (χ0v) is 19.7. The van der Waals surface area contributed by atoms with Gasteiger partial charge in [0.05, 0.1) is 17.7 Å². The van der Waals surface area contributed by atoms with Crippen LogP contribution in [0.25, 0.3) is 0 Å². The molecule has 0 spiro atoms. The monoisotopic (exact) mass is 478 g/mol. The number of ketones is 1. The van der Waals surface area contributed by atoms with Crippen LogP contribution in [0.3, 0.4) is 0 Å². The average Bonchev–Trinajstić information content (AvgIpc) is 3.16. The number of rotatable bonds is 7. The second kappa shape index (κ2) is 9.09. The van der Waals surface area contributed by atoms with Gasteiger partial charge in [-0.2, -0.15) is 0 Å². The van der Waals surface area contributed by atoms with Gasteiger partial charge >= 0.3 is 0 Å². The molecule has 3 aromatic carbocycles. The third kappa shape index (κ3) is 4.48. The number of aryl methyl sites for hydroxylation is 1. The second-order valence-corrected chi connectivity index (χ2v) is 10.3. The van der Waals surface area contributed by atoms with E-state index < -0.39 is 9.84 Å². The number of hydrogen-bond acceptors (Lipinski definition) is 7. The molecular formula is C25H22N2O4S2. The van der Waals surface area contributed by atoms with Crippen LogP contribution in [0.15, 0.2) is 88.7 Å². The minimum Gasteiger partial charge on any atom is -0.497 e. The number of nitrogens with two attached hydrogens (primary N) is 1. The van der Waals surface area contributed by atoms with E-state index >= 15 is 0 Å². The second-order valence-electron chi connectivity index (χ2n) is 7.37. The molecule has 168 valence electrons. The van der Waals surface area contributed by atoms with E-state index in [1.54, 1.807) is 42.5 Å². The Morgan fingerprint density at radius 1 is 0.970 bits per heavy atom. The van der Waals surface area contributed by atoms with Crippen LogP contribution < -0.4 is 15.8 Å². The van der Waals surface area contributed by atoms with Gasteiger partial charge in [-0.3, -0.25) is 4.79 Å². The van der Waals surface area contributed by atoms with Crippen LogP contribution in [-0.4, -0.2) is 21.3 Å². The van der Waals surface area contributed by atoms with Gasteiger partial charge in [0.15, 0.2) is 0 Å². The van der Waals surface area contributed by atoms with Gasteiger partial charge in [0.25, 0.3) is 0 Å². The largest absolute Gasteiger partial charge is 0.497 e. The highest BCUT2D eigenvalue weighted by molar-refractivity contribution is 7.92. The molecule has 1 aromatic heterocycles. The molecule has 4 aromatic rings. The number of carbonyl (C=O) groups excluding carboxylic acids is 1. The lowest BCUT2D eigenvalue weighted by Gasteiger charge is -2.10. The van der Waals surface area contributed by atoms with Crippen LogP contribution in [0.5, 0.6) is 5.75 Å². The summed E-state index contributed by atoms with van der Waals surface area (Å²) < 4.78 is 32.3. The molecule has 0 radical (unpaired) electrons. The van der Waals surface area contributed by atoms with E-state index in [2.05, 4.69) is 5.32 Å². The summed E-state index contributed by atoms with van der Waals surface area (Å²) in [5.74, 6) is 0.143. The van der Waals surface area contributed by atoms with Crippen LogP contribution in [0.2, 0.25) is 0 Å². The highest BCUT2D eigenvalue weighted by Gasteiger charge is 2.31. The van der Waals surface area contributed by atoms with Crippen LogP contribution in [0, 0.1) is 6.92 Å². The topological polar surface area (TPSA) is 98.5 Å². The fourth-order valence-corrected chi connectivity index (χ4v) is 6.28. The van der Waals surface area contributed by atoms with Gasteiger partial charge in [-0.05, 0) is 43.3 Å². The van der Waals surface area contributed by atoms with Gasteiger partial charge in [-0.15, -0.1) is 11.3 Å². The van der Waals surface area contributed by atoms with Crippen molar-refractivity contribution in [1.82, 2.24) is 0 Å². The van der Waals surface area contributed by atoms with E-state index in [1.807, 2.05) is 31.2 Å². The van der Waals surface area contributed by atoms with Crippen molar-refractivity contribution in [2.75, 3.05) is 18.2 Å². The average molecular weight is 479 g/mol. The molecule has 6 nitrogen and oxygen atoms in total. The van der Waals surface area contributed by atoms with Gasteiger partial charge < -0.3 is 15.8 Å². The number of sulfone groups is 1. The van der Waals surface area contributed by atoms with E-state index in [4.69, 9.17) is 10.5 Å². The molecule has 8 heteroatoms. The van der Waals surface area contributed by atoms with Crippen molar-refractivity contribution in [2.24, 2.45) is 0 Å². The Balaban J connectivity index is 1.87. The fraction of sp³-hybridized carbons (Fsp3) is 0.0800. The molecule has 0 amide bonds. The smallest absolute Gasteiger partial charge is 0.211 e. The number of benzene rings is 3. The minimum absolute atomic E-state index is 0.0775. The van der Waals surface area contributed by atoms with Gasteiger partial charge in [0.1, 0.15) is 20.5 Å². The van der Waals surface area contributed by atoms with E-state index in [0.29, 0.717) is 17.0 Å². The Labute approximate surface area is 196 Å². The molecule has 0 aliphatic heterocycles. The molecule has 33 heavy (non-hydrogen) atoms. The molecule has 0 fully saturated rings. The van der Waals surface area contributed by atoms with Crippen molar-refractivity contribution in [2.45, 2.75) is 16.7 Å². The summed E-state index contributed by atoms with van der Waals surface area (Å²) in [6.45, 7) is 1.96. The number of thiophene rings is 1. The van der Waals surface area contributed by atoms with Crippen molar-refractivity contribution < 1.29 is 17.9 Å². The van der Waals surface area contributed by atoms with Gasteiger partial charge in [0, 0.05) is 11.3 Å². The highest BCUT2D eigenvalue weighted by Crippen LogP contribution is 2.44. The zero-order valence-electron chi connectivity index (χ0n) is 18.0. The zero-order chi connectivity index (χ0) is 23.6. The van der Waals surface area contributed by atoms with E-state index in [1.165, 1.54) is 19.2 Å². The lowest BCUT2D eigenvalue weighted by atomic mass is 10.1. The molecule has 0 bridgehead atoms. The minimum atomic E-state index is -3.99. The lowest BCUT2D eigenvalue weighted by molar-refractivity contribution is 0.104. The van der Waals surface area contributed by atoms with Gasteiger partial charge in [-0.25, -0.2) is 8.42 Å². The first-order valence-electron chi connectivity index (χ1n) is 10.1. The van der Waals surface area contributed by atoms with Crippen molar-refractivity contribution >= 4 is 43.3 Å². The third-order valence-corrected chi connectivity index (χ3v) is 8.17. The lowest BCUT2D eigenvalue weighted by Crippen LogP contribution is -2.08. The Bertz CT molecular complexity index is 1410. The molecule has 0 aliphatic rings. The summed E-state index contributed by atoms with van der Waals surface area (Å²) in [6.07, 6.45) is 0. The molecule has 0 saturated carbocycles. The summed E-state index contributed by atoms with van der Waals surface area (Å²) in [6, 6.07) is 22.2. The predicted octanol–water partition coefficient (Wildman–Crippen LogP) is 5.45. The molecule has 0 saturated heterocycles. The van der Waals surface area contributed by atoms with Crippen LogP contribution in [-0.2, 0) is 9.84 Å². The van der Waals surface area contributed by atoms with E-state index in [-0.39, 0.29) is 31.1 Å². The number of carbonyl (C=O) groups is 1. The normalized spacial score (nSPS) is 11.2. The maximum atomic E-state index is 13.5. The summed E-state index contributed by atoms with van der Waals surface area (Å²) in [5.41, 5.74) is 8.38. The summed E-state index contributed by atoms with van der Waals surface area (Å²) >= 11 is 1.02. The summed E-state index contributed by atoms with van der Waals surface area (Å²) in [7, 11) is -2.48. The maximum absolute atomic E-state index is 13.5. The molecule has 3 N–H and O–H groups in total. The summed E-state index contributed by atoms with van der Waals surface area (Å²) in [5, 5.41) is 3.43. The summed E-state index contributed by atoms with van der Waals surface area (Å²) in [4.78, 5) is 13.5. The van der Waals surface area contributed by atoms with E-state index in [0.717, 1.165) is 16.9 Å². The fourth-order valence-electron chi connectivity index (χ4n) is 3.33. The van der Waals surface area contributed by atoms with Crippen molar-refractivity contribution in [3.05, 3.63) is 94.9 Å². The SMILES string of the molecule is COc1cccc(C(=O)c2sc(Nc3ccc(C)cc3)c(S(=O)(=O)c3ccccc3)c2N)c1. The predicted molar refractivity (Wildman–Crippen MR) is 132 cm³/mol. The third-order valence-electron chi connectivity index (χ3n) is 5.07. The Morgan fingerprint density at radius 2 is 1.67 bits per heavy atom. The molecule has 0 aliphatic carbocycles. The molecule has 4 rings (SSSR count). The first kappa shape index (κ1) is 22.6. The number of hydrogen-bond donors (Lipinski definition) is 2. The van der Waals surface area contributed by atoms with Crippen LogP contribution in [0.4, 0.5) is 16.4 Å². The Hall–Kier alpha value is -3.62. The quantitative estimate of drug-likeness (QED) is 0.343. The van der Waals surface area contributed by atoms with Gasteiger partial charge in [-0.1, -0.05) is 48.0 Å². The van der Waals surface area contributed by atoms with Crippen LogP contribution in [0.1, 0.15) is 20.8 Å². The maximum Gasteiger partial charge on any atom is 0.211 e. The molecular weight excluding hydrogens is 456 g/mol. The highest BCUT2D eigenvalue weighted by atomic mass is 32.2. The first-order chi connectivity index (χ1) is 15.8. The van der Waals surface area contributed by atoms with Gasteiger partial charge in [0.2, 0.25) is 15.6 Å². The standard InChI is InChI=1S/C25H22N2O4S2/c1-16-11-13-18(14-12-16)27-25-24(33(29,30)20-9-4-3-5-10-20)21(26)23(32-25)22(28)17-7-6-8-19(15-17)31-2/h3-15,27H,26H2,1-2H3. The molecule has 0 atom stereocenters. The Kier molecular flexibility index (Phi) is 6.22. The van der Waals surface area contributed by atoms with Crippen molar-refractivity contribution in [1.29, 1.82) is 0 Å². The number of nitrogens with one attached hydrogen (secondary N) is 1.